The summed E-state index contributed by atoms with van der Waals surface area (Å²) >= 11 is 0. The molecule has 1 aliphatic heterocycles. The van der Waals surface area contributed by atoms with E-state index in [4.69, 9.17) is 10.5 Å². The summed E-state index contributed by atoms with van der Waals surface area (Å²) < 4.78 is 5.16. The SMILES string of the molecule is COc1cnc2cccc(C(O)CN3CCCC(CN)C3)c2n1. The summed E-state index contributed by atoms with van der Waals surface area (Å²) in [7, 11) is 1.57. The van der Waals surface area contributed by atoms with Crippen molar-refractivity contribution in [1.82, 2.24) is 14.9 Å². The first-order chi connectivity index (χ1) is 11.2. The lowest BCUT2D eigenvalue weighted by molar-refractivity contribution is 0.0865. The van der Waals surface area contributed by atoms with E-state index >= 15 is 0 Å². The Bertz CT molecular complexity index is 664. The summed E-state index contributed by atoms with van der Waals surface area (Å²) in [5.41, 5.74) is 8.05. The van der Waals surface area contributed by atoms with Crippen LogP contribution in [-0.4, -0.2) is 53.3 Å². The predicted molar refractivity (Wildman–Crippen MR) is 89.3 cm³/mol. The fraction of sp³-hybridized carbons (Fsp3) is 0.529. The number of methoxy groups -OCH3 is 1. The van der Waals surface area contributed by atoms with Gasteiger partial charge in [-0.1, -0.05) is 12.1 Å². The second-order valence-electron chi connectivity index (χ2n) is 6.15. The number of aliphatic hydroxyl groups is 1. The van der Waals surface area contributed by atoms with E-state index in [1.54, 1.807) is 13.3 Å². The molecule has 0 radical (unpaired) electrons. The molecule has 1 saturated heterocycles. The maximum atomic E-state index is 10.7. The van der Waals surface area contributed by atoms with Gasteiger partial charge in [0.1, 0.15) is 0 Å². The number of para-hydroxylation sites is 1. The van der Waals surface area contributed by atoms with Gasteiger partial charge in [-0.3, -0.25) is 0 Å². The number of hydrogen-bond acceptors (Lipinski definition) is 6. The van der Waals surface area contributed by atoms with Gasteiger partial charge in [-0.2, -0.15) is 0 Å². The molecule has 0 saturated carbocycles. The Morgan fingerprint density at radius 1 is 1.48 bits per heavy atom. The Labute approximate surface area is 136 Å². The van der Waals surface area contributed by atoms with Crippen molar-refractivity contribution in [3.63, 3.8) is 0 Å². The highest BCUT2D eigenvalue weighted by molar-refractivity contribution is 5.78. The van der Waals surface area contributed by atoms with Gasteiger partial charge in [0.25, 0.3) is 0 Å². The number of nitrogens with two attached hydrogens (primary N) is 1. The Hall–Kier alpha value is -1.76. The van der Waals surface area contributed by atoms with Crippen molar-refractivity contribution in [1.29, 1.82) is 0 Å². The average molecular weight is 316 g/mol. The molecule has 0 amide bonds. The molecular weight excluding hydrogens is 292 g/mol. The molecule has 0 spiro atoms. The van der Waals surface area contributed by atoms with E-state index in [9.17, 15) is 5.11 Å². The third kappa shape index (κ3) is 3.60. The van der Waals surface area contributed by atoms with Gasteiger partial charge >= 0.3 is 0 Å². The summed E-state index contributed by atoms with van der Waals surface area (Å²) in [4.78, 5) is 11.1. The zero-order chi connectivity index (χ0) is 16.2. The molecule has 2 aromatic rings. The van der Waals surface area contributed by atoms with E-state index < -0.39 is 6.10 Å². The molecule has 2 heterocycles. The standard InChI is InChI=1S/C17H24N4O2/c1-23-16-9-19-14-6-2-5-13(17(14)20-16)15(22)11-21-7-3-4-12(8-18)10-21/h2,5-6,9,12,15,22H,3-4,7-8,10-11,18H2,1H3. The molecule has 6 heteroatoms. The number of piperidine rings is 1. The number of β-amino-alcohol motifs (C(OH)–C–C–N with tert-alkyl or cyclic N) is 1. The highest BCUT2D eigenvalue weighted by Crippen LogP contribution is 2.25. The van der Waals surface area contributed by atoms with Gasteiger partial charge in [-0.25, -0.2) is 9.97 Å². The molecule has 0 bridgehead atoms. The molecule has 2 unspecified atom stereocenters. The number of likely N-dealkylation sites (tertiary alicyclic amines) is 1. The number of nitrogens with zero attached hydrogens (tertiary/aromatic N) is 3. The smallest absolute Gasteiger partial charge is 0.232 e. The number of benzene rings is 1. The van der Waals surface area contributed by atoms with E-state index in [0.717, 1.165) is 30.6 Å². The van der Waals surface area contributed by atoms with E-state index in [1.807, 2.05) is 18.2 Å². The van der Waals surface area contributed by atoms with E-state index in [1.165, 1.54) is 6.42 Å². The first-order valence-electron chi connectivity index (χ1n) is 8.11. The van der Waals surface area contributed by atoms with Gasteiger partial charge in [-0.15, -0.1) is 0 Å². The molecule has 23 heavy (non-hydrogen) atoms. The molecule has 0 aliphatic carbocycles. The van der Waals surface area contributed by atoms with E-state index in [0.29, 0.717) is 30.4 Å². The van der Waals surface area contributed by atoms with Crippen LogP contribution in [0.5, 0.6) is 5.88 Å². The number of hydrogen-bond donors (Lipinski definition) is 2. The summed E-state index contributed by atoms with van der Waals surface area (Å²) in [6.45, 7) is 3.26. The Balaban J connectivity index is 1.81. The van der Waals surface area contributed by atoms with Crippen LogP contribution in [0, 0.1) is 5.92 Å². The number of fused-ring (bicyclic) bond motifs is 1. The average Bonchev–Trinajstić information content (AvgIpc) is 2.60. The third-order valence-corrected chi connectivity index (χ3v) is 4.52. The van der Waals surface area contributed by atoms with Crippen molar-refractivity contribution < 1.29 is 9.84 Å². The third-order valence-electron chi connectivity index (χ3n) is 4.52. The van der Waals surface area contributed by atoms with E-state index in [2.05, 4.69) is 14.9 Å². The molecule has 124 valence electrons. The van der Waals surface area contributed by atoms with Crippen molar-refractivity contribution in [3.8, 4) is 5.88 Å². The van der Waals surface area contributed by atoms with Crippen LogP contribution in [0.25, 0.3) is 11.0 Å². The van der Waals surface area contributed by atoms with Crippen molar-refractivity contribution in [2.45, 2.75) is 18.9 Å². The lowest BCUT2D eigenvalue weighted by Crippen LogP contribution is -2.40. The van der Waals surface area contributed by atoms with Crippen LogP contribution >= 0.6 is 0 Å². The highest BCUT2D eigenvalue weighted by Gasteiger charge is 2.22. The first kappa shape index (κ1) is 16.1. The first-order valence-corrected chi connectivity index (χ1v) is 8.11. The lowest BCUT2D eigenvalue weighted by atomic mass is 9.97. The van der Waals surface area contributed by atoms with Gasteiger partial charge in [0.05, 0.1) is 30.4 Å². The van der Waals surface area contributed by atoms with Crippen LogP contribution in [0.15, 0.2) is 24.4 Å². The van der Waals surface area contributed by atoms with Crippen molar-refractivity contribution >= 4 is 11.0 Å². The van der Waals surface area contributed by atoms with Gasteiger partial charge in [0.15, 0.2) is 0 Å². The normalized spacial score (nSPS) is 20.6. The quantitative estimate of drug-likeness (QED) is 0.866. The second-order valence-corrected chi connectivity index (χ2v) is 6.15. The zero-order valence-corrected chi connectivity index (χ0v) is 13.5. The van der Waals surface area contributed by atoms with E-state index in [-0.39, 0.29) is 0 Å². The minimum atomic E-state index is -0.600. The van der Waals surface area contributed by atoms with Crippen LogP contribution in [0.1, 0.15) is 24.5 Å². The summed E-state index contributed by atoms with van der Waals surface area (Å²) in [6.07, 6.45) is 3.31. The monoisotopic (exact) mass is 316 g/mol. The molecule has 1 aliphatic rings. The predicted octanol–water partition coefficient (Wildman–Crippen LogP) is 1.34. The minimum Gasteiger partial charge on any atom is -0.480 e. The molecule has 2 atom stereocenters. The summed E-state index contributed by atoms with van der Waals surface area (Å²) in [6, 6.07) is 5.70. The molecule has 1 fully saturated rings. The minimum absolute atomic E-state index is 0.457. The maximum absolute atomic E-state index is 10.7. The van der Waals surface area contributed by atoms with Gasteiger partial charge in [0, 0.05) is 18.7 Å². The fourth-order valence-corrected chi connectivity index (χ4v) is 3.26. The van der Waals surface area contributed by atoms with Crippen molar-refractivity contribution in [3.05, 3.63) is 30.0 Å². The Morgan fingerprint density at radius 2 is 2.35 bits per heavy atom. The molecule has 1 aromatic carbocycles. The van der Waals surface area contributed by atoms with Crippen LogP contribution in [0.2, 0.25) is 0 Å². The summed E-state index contributed by atoms with van der Waals surface area (Å²) in [5.74, 6) is 0.988. The topological polar surface area (TPSA) is 84.5 Å². The van der Waals surface area contributed by atoms with Gasteiger partial charge < -0.3 is 20.5 Å². The summed E-state index contributed by atoms with van der Waals surface area (Å²) in [5, 5.41) is 10.7. The Kier molecular flexibility index (Phi) is 5.05. The van der Waals surface area contributed by atoms with Crippen molar-refractivity contribution in [2.75, 3.05) is 33.3 Å². The fourth-order valence-electron chi connectivity index (χ4n) is 3.26. The maximum Gasteiger partial charge on any atom is 0.232 e. The van der Waals surface area contributed by atoms with Crippen LogP contribution in [-0.2, 0) is 0 Å². The molecule has 3 rings (SSSR count). The molecule has 6 nitrogen and oxygen atoms in total. The van der Waals surface area contributed by atoms with Gasteiger partial charge in [0.2, 0.25) is 5.88 Å². The molecular formula is C17H24N4O2. The highest BCUT2D eigenvalue weighted by atomic mass is 16.5. The second kappa shape index (κ2) is 7.21. The van der Waals surface area contributed by atoms with Crippen LogP contribution < -0.4 is 10.5 Å². The number of aromatic nitrogens is 2. The number of ether oxygens (including phenoxy) is 1. The molecule has 3 N–H and O–H groups in total. The Morgan fingerprint density at radius 3 is 3.13 bits per heavy atom. The van der Waals surface area contributed by atoms with Gasteiger partial charge in [-0.05, 0) is 37.9 Å². The number of rotatable bonds is 5. The molecule has 1 aromatic heterocycles. The van der Waals surface area contributed by atoms with Crippen LogP contribution in [0.4, 0.5) is 0 Å². The zero-order valence-electron chi connectivity index (χ0n) is 13.5. The van der Waals surface area contributed by atoms with Crippen molar-refractivity contribution in [2.24, 2.45) is 11.7 Å². The van der Waals surface area contributed by atoms with Crippen LogP contribution in [0.3, 0.4) is 0 Å². The lowest BCUT2D eigenvalue weighted by Gasteiger charge is -2.33. The largest absolute Gasteiger partial charge is 0.480 e. The number of aliphatic hydroxyl groups excluding tert-OH is 1.